The van der Waals surface area contributed by atoms with Gasteiger partial charge in [0.05, 0.1) is 6.04 Å². The van der Waals surface area contributed by atoms with Gasteiger partial charge in [0.25, 0.3) is 0 Å². The molecule has 1 saturated carbocycles. The lowest BCUT2D eigenvalue weighted by molar-refractivity contribution is 0.577. The number of nitrogens with one attached hydrogen (secondary N) is 2. The molecule has 0 saturated heterocycles. The summed E-state index contributed by atoms with van der Waals surface area (Å²) in [5.41, 5.74) is 1.25. The Kier molecular flexibility index (Phi) is 4.94. The molecule has 2 heterocycles. The Morgan fingerprint density at radius 2 is 2.08 bits per heavy atom. The SMILES string of the molecule is Cc1cc(C(C)Nc2ccc(S(=O)(=O)NCC3CC3)cn2)c(C)s1. The van der Waals surface area contributed by atoms with Gasteiger partial charge in [0.2, 0.25) is 10.0 Å². The fourth-order valence-electron chi connectivity index (χ4n) is 2.64. The summed E-state index contributed by atoms with van der Waals surface area (Å²) >= 11 is 1.78. The van der Waals surface area contributed by atoms with Crippen LogP contribution in [-0.4, -0.2) is 19.9 Å². The molecule has 0 bridgehead atoms. The highest BCUT2D eigenvalue weighted by molar-refractivity contribution is 7.89. The zero-order valence-electron chi connectivity index (χ0n) is 14.2. The minimum Gasteiger partial charge on any atom is -0.364 e. The first-order valence-electron chi connectivity index (χ1n) is 8.14. The van der Waals surface area contributed by atoms with Crippen molar-refractivity contribution in [2.24, 2.45) is 5.92 Å². The molecule has 5 nitrogen and oxygen atoms in total. The summed E-state index contributed by atoms with van der Waals surface area (Å²) in [5.74, 6) is 1.18. The summed E-state index contributed by atoms with van der Waals surface area (Å²) in [5, 5.41) is 3.33. The van der Waals surface area contributed by atoms with E-state index in [1.807, 2.05) is 0 Å². The van der Waals surface area contributed by atoms with E-state index in [4.69, 9.17) is 0 Å². The molecule has 1 unspecified atom stereocenters. The predicted octanol–water partition coefficient (Wildman–Crippen LogP) is 3.62. The third-order valence-electron chi connectivity index (χ3n) is 4.22. The molecule has 2 aromatic heterocycles. The van der Waals surface area contributed by atoms with Gasteiger partial charge in [0.15, 0.2) is 0 Å². The van der Waals surface area contributed by atoms with Crippen LogP contribution >= 0.6 is 11.3 Å². The number of hydrogen-bond donors (Lipinski definition) is 2. The lowest BCUT2D eigenvalue weighted by atomic mass is 10.1. The summed E-state index contributed by atoms with van der Waals surface area (Å²) in [6.45, 7) is 6.81. The van der Waals surface area contributed by atoms with Crippen molar-refractivity contribution in [2.75, 3.05) is 11.9 Å². The Morgan fingerprint density at radius 1 is 1.33 bits per heavy atom. The second-order valence-electron chi connectivity index (χ2n) is 6.41. The second kappa shape index (κ2) is 6.82. The highest BCUT2D eigenvalue weighted by Gasteiger charge is 2.24. The van der Waals surface area contributed by atoms with E-state index >= 15 is 0 Å². The van der Waals surface area contributed by atoms with Crippen molar-refractivity contribution in [3.05, 3.63) is 39.7 Å². The van der Waals surface area contributed by atoms with Crippen LogP contribution in [0.5, 0.6) is 0 Å². The summed E-state index contributed by atoms with van der Waals surface area (Å²) < 4.78 is 27.0. The number of hydrogen-bond acceptors (Lipinski definition) is 5. The Labute approximate surface area is 147 Å². The van der Waals surface area contributed by atoms with Gasteiger partial charge >= 0.3 is 0 Å². The van der Waals surface area contributed by atoms with Gasteiger partial charge in [0, 0.05) is 22.5 Å². The summed E-state index contributed by atoms with van der Waals surface area (Å²) in [4.78, 5) is 7.05. The molecular formula is C17H23N3O2S2. The van der Waals surface area contributed by atoms with E-state index in [2.05, 4.69) is 41.9 Å². The van der Waals surface area contributed by atoms with Gasteiger partial charge in [-0.05, 0) is 63.3 Å². The van der Waals surface area contributed by atoms with Gasteiger partial charge in [-0.15, -0.1) is 11.3 Å². The average molecular weight is 366 g/mol. The van der Waals surface area contributed by atoms with Crippen molar-refractivity contribution in [3.63, 3.8) is 0 Å². The maximum atomic E-state index is 12.2. The minimum absolute atomic E-state index is 0.123. The monoisotopic (exact) mass is 365 g/mol. The number of thiophene rings is 1. The molecule has 1 atom stereocenters. The Balaban J connectivity index is 1.66. The molecule has 24 heavy (non-hydrogen) atoms. The molecular weight excluding hydrogens is 342 g/mol. The van der Waals surface area contributed by atoms with Gasteiger partial charge in [0.1, 0.15) is 10.7 Å². The zero-order chi connectivity index (χ0) is 17.3. The van der Waals surface area contributed by atoms with E-state index in [9.17, 15) is 8.42 Å². The van der Waals surface area contributed by atoms with Crippen LogP contribution in [0.25, 0.3) is 0 Å². The van der Waals surface area contributed by atoms with Crippen LogP contribution in [0.3, 0.4) is 0 Å². The second-order valence-corrected chi connectivity index (χ2v) is 9.64. The molecule has 0 radical (unpaired) electrons. The average Bonchev–Trinajstić information content (AvgIpc) is 3.29. The highest BCUT2D eigenvalue weighted by Crippen LogP contribution is 2.29. The first-order chi connectivity index (χ1) is 11.3. The number of aromatic nitrogens is 1. The van der Waals surface area contributed by atoms with Crippen LogP contribution < -0.4 is 10.0 Å². The van der Waals surface area contributed by atoms with Crippen molar-refractivity contribution in [2.45, 2.75) is 44.6 Å². The zero-order valence-corrected chi connectivity index (χ0v) is 15.8. The molecule has 2 aromatic rings. The molecule has 0 aromatic carbocycles. The van der Waals surface area contributed by atoms with E-state index in [1.165, 1.54) is 21.5 Å². The Hall–Kier alpha value is -1.44. The minimum atomic E-state index is -3.45. The van der Waals surface area contributed by atoms with E-state index < -0.39 is 10.0 Å². The number of aryl methyl sites for hydroxylation is 2. The first-order valence-corrected chi connectivity index (χ1v) is 10.4. The van der Waals surface area contributed by atoms with Crippen LogP contribution in [0.4, 0.5) is 5.82 Å². The van der Waals surface area contributed by atoms with Crippen molar-refractivity contribution >= 4 is 27.2 Å². The summed E-state index contributed by atoms with van der Waals surface area (Å²) in [7, 11) is -3.45. The van der Waals surface area contributed by atoms with Crippen LogP contribution in [0.2, 0.25) is 0 Å². The van der Waals surface area contributed by atoms with Crippen molar-refractivity contribution < 1.29 is 8.42 Å². The molecule has 1 aliphatic rings. The molecule has 0 spiro atoms. The van der Waals surface area contributed by atoms with Crippen molar-refractivity contribution in [1.29, 1.82) is 0 Å². The Bertz CT molecular complexity index is 809. The van der Waals surface area contributed by atoms with Gasteiger partial charge < -0.3 is 5.32 Å². The summed E-state index contributed by atoms with van der Waals surface area (Å²) in [6, 6.07) is 5.62. The molecule has 1 fully saturated rings. The number of anilines is 1. The fourth-order valence-corrected chi connectivity index (χ4v) is 4.72. The summed E-state index contributed by atoms with van der Waals surface area (Å²) in [6.07, 6.45) is 3.64. The molecule has 2 N–H and O–H groups in total. The van der Waals surface area contributed by atoms with Gasteiger partial charge in [-0.1, -0.05) is 0 Å². The fraction of sp³-hybridized carbons (Fsp3) is 0.471. The number of nitrogens with zero attached hydrogens (tertiary/aromatic N) is 1. The molecule has 1 aliphatic carbocycles. The Morgan fingerprint density at radius 3 is 2.62 bits per heavy atom. The lowest BCUT2D eigenvalue weighted by Gasteiger charge is -2.15. The first kappa shape index (κ1) is 17.4. The van der Waals surface area contributed by atoms with E-state index in [1.54, 1.807) is 23.5 Å². The largest absolute Gasteiger partial charge is 0.364 e. The molecule has 0 aliphatic heterocycles. The lowest BCUT2D eigenvalue weighted by Crippen LogP contribution is -2.26. The quantitative estimate of drug-likeness (QED) is 0.786. The number of rotatable bonds is 7. The van der Waals surface area contributed by atoms with Crippen LogP contribution in [0.15, 0.2) is 29.3 Å². The highest BCUT2D eigenvalue weighted by atomic mass is 32.2. The normalized spacial score (nSPS) is 16.1. The van der Waals surface area contributed by atoms with Crippen LogP contribution in [0.1, 0.15) is 41.1 Å². The molecule has 0 amide bonds. The maximum absolute atomic E-state index is 12.2. The van der Waals surface area contributed by atoms with E-state index in [0.29, 0.717) is 18.3 Å². The number of sulfonamides is 1. The van der Waals surface area contributed by atoms with Crippen molar-refractivity contribution in [3.8, 4) is 0 Å². The van der Waals surface area contributed by atoms with E-state index in [-0.39, 0.29) is 10.9 Å². The van der Waals surface area contributed by atoms with Crippen LogP contribution in [-0.2, 0) is 10.0 Å². The van der Waals surface area contributed by atoms with Gasteiger partial charge in [-0.3, -0.25) is 0 Å². The molecule has 3 rings (SSSR count). The van der Waals surface area contributed by atoms with Gasteiger partial charge in [-0.25, -0.2) is 18.1 Å². The van der Waals surface area contributed by atoms with Crippen molar-refractivity contribution in [1.82, 2.24) is 9.71 Å². The third kappa shape index (κ3) is 4.15. The smallest absolute Gasteiger partial charge is 0.242 e. The predicted molar refractivity (Wildman–Crippen MR) is 98.0 cm³/mol. The topological polar surface area (TPSA) is 71.1 Å². The maximum Gasteiger partial charge on any atom is 0.242 e. The van der Waals surface area contributed by atoms with E-state index in [0.717, 1.165) is 12.8 Å². The van der Waals surface area contributed by atoms with Gasteiger partial charge in [-0.2, -0.15) is 0 Å². The van der Waals surface area contributed by atoms with Crippen LogP contribution in [0, 0.1) is 19.8 Å². The molecule has 130 valence electrons. The molecule has 7 heteroatoms. The third-order valence-corrected chi connectivity index (χ3v) is 6.61. The standard InChI is InChI=1S/C17H23N3O2S2/c1-11-8-16(13(3)23-11)12(2)20-17-7-6-15(10-18-17)24(21,22)19-9-14-4-5-14/h6-8,10,12,14,19H,4-5,9H2,1-3H3,(H,18,20). The number of pyridine rings is 1.